The molecule has 1 N–H and O–H groups in total. The second-order valence-electron chi connectivity index (χ2n) is 5.77. The lowest BCUT2D eigenvalue weighted by molar-refractivity contribution is 0.122. The number of nitrogens with one attached hydrogen (secondary N) is 1. The molecule has 0 radical (unpaired) electrons. The van der Waals surface area contributed by atoms with Crippen molar-refractivity contribution in [3.63, 3.8) is 0 Å². The van der Waals surface area contributed by atoms with Gasteiger partial charge >= 0.3 is 0 Å². The van der Waals surface area contributed by atoms with Gasteiger partial charge < -0.3 is 14.5 Å². The zero-order valence-corrected chi connectivity index (χ0v) is 13.7. The maximum Gasteiger partial charge on any atom is 0.270 e. The van der Waals surface area contributed by atoms with Crippen molar-refractivity contribution in [2.75, 3.05) is 50.2 Å². The van der Waals surface area contributed by atoms with Crippen LogP contribution in [0.2, 0.25) is 0 Å². The fourth-order valence-electron chi connectivity index (χ4n) is 2.62. The number of nitrogens with zero attached hydrogens (tertiary/aromatic N) is 4. The third-order valence-electron chi connectivity index (χ3n) is 3.99. The average Bonchev–Trinajstić information content (AvgIpc) is 2.62. The first-order chi connectivity index (χ1) is 11.6. The van der Waals surface area contributed by atoms with Crippen LogP contribution in [0.15, 0.2) is 29.1 Å². The normalized spacial score (nSPS) is 14.3. The summed E-state index contributed by atoms with van der Waals surface area (Å²) in [5.41, 5.74) is 1.81. The van der Waals surface area contributed by atoms with E-state index in [2.05, 4.69) is 9.97 Å². The standard InChI is InChI=1S/C17H19N5O2/c1-21(2)13-5-3-12(4-6-13)15-14(11-18)16(23)20-17(19-15)22-7-9-24-10-8-22/h3-6H,7-10H2,1-2H3,(H,19,20,23). The van der Waals surface area contributed by atoms with E-state index in [0.717, 1.165) is 11.3 Å². The maximum absolute atomic E-state index is 12.3. The molecular formula is C17H19N5O2. The average molecular weight is 325 g/mol. The minimum absolute atomic E-state index is 0.0320. The molecule has 0 saturated carbocycles. The molecule has 1 aromatic heterocycles. The highest BCUT2D eigenvalue weighted by molar-refractivity contribution is 5.69. The van der Waals surface area contributed by atoms with Gasteiger partial charge in [-0.3, -0.25) is 9.78 Å². The van der Waals surface area contributed by atoms with E-state index in [1.54, 1.807) is 0 Å². The van der Waals surface area contributed by atoms with Crippen LogP contribution in [-0.4, -0.2) is 50.4 Å². The van der Waals surface area contributed by atoms with Gasteiger partial charge in [0.25, 0.3) is 5.56 Å². The molecule has 3 rings (SSSR count). The molecule has 0 bridgehead atoms. The molecule has 0 spiro atoms. The number of rotatable bonds is 3. The predicted octanol–water partition coefficient (Wildman–Crippen LogP) is 1.21. The fraction of sp³-hybridized carbons (Fsp3) is 0.353. The Bertz CT molecular complexity index is 814. The maximum atomic E-state index is 12.3. The molecule has 2 aromatic rings. The van der Waals surface area contributed by atoms with Crippen molar-refractivity contribution >= 4 is 11.6 Å². The lowest BCUT2D eigenvalue weighted by Crippen LogP contribution is -2.38. The summed E-state index contributed by atoms with van der Waals surface area (Å²) in [6, 6.07) is 9.60. The van der Waals surface area contributed by atoms with E-state index in [1.807, 2.05) is 54.2 Å². The summed E-state index contributed by atoms with van der Waals surface area (Å²) in [5.74, 6) is 0.481. The summed E-state index contributed by atoms with van der Waals surface area (Å²) in [4.78, 5) is 23.5. The zero-order chi connectivity index (χ0) is 17.1. The van der Waals surface area contributed by atoms with Gasteiger partial charge in [0, 0.05) is 38.4 Å². The van der Waals surface area contributed by atoms with Crippen LogP contribution in [0.5, 0.6) is 0 Å². The van der Waals surface area contributed by atoms with Gasteiger partial charge in [0.05, 0.1) is 18.9 Å². The van der Waals surface area contributed by atoms with Crippen molar-refractivity contribution in [1.82, 2.24) is 9.97 Å². The van der Waals surface area contributed by atoms with Gasteiger partial charge in [-0.1, -0.05) is 12.1 Å². The van der Waals surface area contributed by atoms with Gasteiger partial charge in [0.1, 0.15) is 11.6 Å². The van der Waals surface area contributed by atoms with E-state index in [0.29, 0.717) is 37.9 Å². The summed E-state index contributed by atoms with van der Waals surface area (Å²) in [7, 11) is 3.91. The molecular weight excluding hydrogens is 306 g/mol. The zero-order valence-electron chi connectivity index (χ0n) is 13.7. The molecule has 24 heavy (non-hydrogen) atoms. The third-order valence-corrected chi connectivity index (χ3v) is 3.99. The SMILES string of the molecule is CN(C)c1ccc(-c2nc(N3CCOCC3)[nH]c(=O)c2C#N)cc1. The molecule has 1 fully saturated rings. The minimum Gasteiger partial charge on any atom is -0.378 e. The number of nitriles is 1. The van der Waals surface area contributed by atoms with Crippen LogP contribution in [0, 0.1) is 11.3 Å². The molecule has 0 atom stereocenters. The lowest BCUT2D eigenvalue weighted by atomic mass is 10.1. The first-order valence-electron chi connectivity index (χ1n) is 7.75. The van der Waals surface area contributed by atoms with Gasteiger partial charge in [-0.2, -0.15) is 5.26 Å². The molecule has 7 nitrogen and oxygen atoms in total. The van der Waals surface area contributed by atoms with Crippen LogP contribution in [0.25, 0.3) is 11.3 Å². The van der Waals surface area contributed by atoms with Crippen molar-refractivity contribution in [1.29, 1.82) is 5.26 Å². The second kappa shape index (κ2) is 6.72. The van der Waals surface area contributed by atoms with Crippen LogP contribution in [0.4, 0.5) is 11.6 Å². The van der Waals surface area contributed by atoms with Crippen LogP contribution in [0.1, 0.15) is 5.56 Å². The van der Waals surface area contributed by atoms with Crippen molar-refractivity contribution < 1.29 is 4.74 Å². The van der Waals surface area contributed by atoms with Crippen molar-refractivity contribution in [3.05, 3.63) is 40.2 Å². The summed E-state index contributed by atoms with van der Waals surface area (Å²) in [6.45, 7) is 2.51. The third kappa shape index (κ3) is 3.09. The Labute approximate surface area is 140 Å². The molecule has 1 saturated heterocycles. The van der Waals surface area contributed by atoms with Gasteiger partial charge in [0.15, 0.2) is 0 Å². The Balaban J connectivity index is 2.06. The van der Waals surface area contributed by atoms with E-state index in [1.165, 1.54) is 0 Å². The quantitative estimate of drug-likeness (QED) is 0.913. The van der Waals surface area contributed by atoms with Gasteiger partial charge in [-0.05, 0) is 12.1 Å². The molecule has 1 aliphatic rings. The molecule has 0 unspecified atom stereocenters. The summed E-state index contributed by atoms with van der Waals surface area (Å²) in [6.07, 6.45) is 0. The summed E-state index contributed by atoms with van der Waals surface area (Å²) in [5, 5.41) is 9.35. The Morgan fingerprint density at radius 2 is 1.92 bits per heavy atom. The molecule has 2 heterocycles. The lowest BCUT2D eigenvalue weighted by Gasteiger charge is -2.27. The van der Waals surface area contributed by atoms with Crippen molar-refractivity contribution in [2.45, 2.75) is 0 Å². The largest absolute Gasteiger partial charge is 0.378 e. The van der Waals surface area contributed by atoms with Crippen molar-refractivity contribution in [2.24, 2.45) is 0 Å². The molecule has 124 valence electrons. The van der Waals surface area contributed by atoms with E-state index in [-0.39, 0.29) is 5.56 Å². The number of benzene rings is 1. The fourth-order valence-corrected chi connectivity index (χ4v) is 2.62. The smallest absolute Gasteiger partial charge is 0.270 e. The van der Waals surface area contributed by atoms with E-state index >= 15 is 0 Å². The number of anilines is 2. The highest BCUT2D eigenvalue weighted by Crippen LogP contribution is 2.24. The Kier molecular flexibility index (Phi) is 4.49. The molecule has 0 amide bonds. The topological polar surface area (TPSA) is 85.2 Å². The van der Waals surface area contributed by atoms with Gasteiger partial charge in [0.2, 0.25) is 5.95 Å². The van der Waals surface area contributed by atoms with Crippen LogP contribution in [0.3, 0.4) is 0 Å². The van der Waals surface area contributed by atoms with Gasteiger partial charge in [-0.15, -0.1) is 0 Å². The molecule has 1 aliphatic heterocycles. The van der Waals surface area contributed by atoms with E-state index in [4.69, 9.17) is 4.74 Å². The number of aromatic amines is 1. The van der Waals surface area contributed by atoms with Crippen molar-refractivity contribution in [3.8, 4) is 17.3 Å². The first kappa shape index (κ1) is 16.0. The monoisotopic (exact) mass is 325 g/mol. The number of morpholine rings is 1. The highest BCUT2D eigenvalue weighted by Gasteiger charge is 2.18. The number of hydrogen-bond acceptors (Lipinski definition) is 6. The molecule has 0 aliphatic carbocycles. The number of hydrogen-bond donors (Lipinski definition) is 1. The van der Waals surface area contributed by atoms with E-state index in [9.17, 15) is 10.1 Å². The second-order valence-corrected chi connectivity index (χ2v) is 5.77. The Morgan fingerprint density at radius 1 is 1.25 bits per heavy atom. The highest BCUT2D eigenvalue weighted by atomic mass is 16.5. The van der Waals surface area contributed by atoms with Crippen LogP contribution < -0.4 is 15.4 Å². The minimum atomic E-state index is -0.416. The summed E-state index contributed by atoms with van der Waals surface area (Å²) >= 11 is 0. The molecule has 7 heteroatoms. The Hall–Kier alpha value is -2.85. The van der Waals surface area contributed by atoms with E-state index < -0.39 is 5.56 Å². The predicted molar refractivity (Wildman–Crippen MR) is 92.4 cm³/mol. The van der Waals surface area contributed by atoms with Gasteiger partial charge in [-0.25, -0.2) is 4.98 Å². The number of ether oxygens (including phenoxy) is 1. The Morgan fingerprint density at radius 3 is 2.50 bits per heavy atom. The van der Waals surface area contributed by atoms with Crippen LogP contribution in [-0.2, 0) is 4.74 Å². The number of aromatic nitrogens is 2. The summed E-state index contributed by atoms with van der Waals surface area (Å²) < 4.78 is 5.33. The number of H-pyrrole nitrogens is 1. The van der Waals surface area contributed by atoms with Crippen LogP contribution >= 0.6 is 0 Å². The molecule has 1 aromatic carbocycles. The first-order valence-corrected chi connectivity index (χ1v) is 7.75.